The highest BCUT2D eigenvalue weighted by atomic mass is 35.5. The summed E-state index contributed by atoms with van der Waals surface area (Å²) in [6, 6.07) is 5.53. The number of piperidine rings is 1. The van der Waals surface area contributed by atoms with Crippen LogP contribution < -0.4 is 16.4 Å². The highest BCUT2D eigenvalue weighted by Crippen LogP contribution is 2.29. The quantitative estimate of drug-likeness (QED) is 0.890. The maximum atomic E-state index is 11.5. The zero-order chi connectivity index (χ0) is 14.0. The van der Waals surface area contributed by atoms with E-state index in [9.17, 15) is 4.79 Å². The molecule has 1 heterocycles. The van der Waals surface area contributed by atoms with Gasteiger partial charge in [0.1, 0.15) is 0 Å². The maximum Gasteiger partial charge on any atom is 0.250 e. The number of benzene rings is 1. The number of anilines is 1. The molecular formula is C14H20ClN3O. The van der Waals surface area contributed by atoms with Crippen molar-refractivity contribution in [1.29, 1.82) is 0 Å². The summed E-state index contributed by atoms with van der Waals surface area (Å²) in [6.07, 6.45) is 1.97. The van der Waals surface area contributed by atoms with Gasteiger partial charge in [-0.15, -0.1) is 0 Å². The van der Waals surface area contributed by atoms with Crippen molar-refractivity contribution in [2.75, 3.05) is 18.0 Å². The number of nitrogens with two attached hydrogens (primary N) is 2. The fourth-order valence-corrected chi connectivity index (χ4v) is 2.85. The zero-order valence-electron chi connectivity index (χ0n) is 11.1. The van der Waals surface area contributed by atoms with Crippen LogP contribution in [0.3, 0.4) is 0 Å². The van der Waals surface area contributed by atoms with Crippen molar-refractivity contribution in [3.63, 3.8) is 0 Å². The van der Waals surface area contributed by atoms with Crippen LogP contribution in [0, 0.1) is 5.92 Å². The van der Waals surface area contributed by atoms with Crippen LogP contribution in [0.2, 0.25) is 5.02 Å². The summed E-state index contributed by atoms with van der Waals surface area (Å²) in [4.78, 5) is 13.7. The molecule has 1 aliphatic heterocycles. The van der Waals surface area contributed by atoms with Gasteiger partial charge in [-0.3, -0.25) is 4.79 Å². The molecule has 0 aliphatic carbocycles. The first-order chi connectivity index (χ1) is 9.02. The van der Waals surface area contributed by atoms with Crippen LogP contribution in [-0.4, -0.2) is 25.0 Å². The third-order valence-electron chi connectivity index (χ3n) is 3.88. The van der Waals surface area contributed by atoms with Gasteiger partial charge in [-0.2, -0.15) is 0 Å². The topological polar surface area (TPSA) is 72.3 Å². The van der Waals surface area contributed by atoms with Crippen LogP contribution in [0.25, 0.3) is 0 Å². The molecule has 0 saturated carbocycles. The second kappa shape index (κ2) is 5.80. The summed E-state index contributed by atoms with van der Waals surface area (Å²) in [6.45, 7) is 3.85. The van der Waals surface area contributed by atoms with Gasteiger partial charge in [0.05, 0.1) is 5.56 Å². The first-order valence-electron chi connectivity index (χ1n) is 6.62. The molecule has 1 aromatic carbocycles. The number of carbonyl (C=O) groups excluding carboxylic acids is 1. The number of hydrogen-bond donors (Lipinski definition) is 2. The number of amides is 1. The molecular weight excluding hydrogens is 262 g/mol. The van der Waals surface area contributed by atoms with Crippen LogP contribution in [-0.2, 0) is 0 Å². The Morgan fingerprint density at radius 1 is 1.53 bits per heavy atom. The summed E-state index contributed by atoms with van der Waals surface area (Å²) in [5.74, 6) is 0.00516. The van der Waals surface area contributed by atoms with Gasteiger partial charge in [0.25, 0.3) is 5.91 Å². The lowest BCUT2D eigenvalue weighted by Gasteiger charge is -2.38. The van der Waals surface area contributed by atoms with Crippen molar-refractivity contribution in [2.24, 2.45) is 17.4 Å². The number of carbonyl (C=O) groups is 1. The largest absolute Gasteiger partial charge is 0.370 e. The Bertz CT molecular complexity index is 478. The number of halogens is 1. The minimum absolute atomic E-state index is 0.241. The van der Waals surface area contributed by atoms with Gasteiger partial charge in [-0.1, -0.05) is 24.9 Å². The van der Waals surface area contributed by atoms with Crippen LogP contribution >= 0.6 is 11.6 Å². The summed E-state index contributed by atoms with van der Waals surface area (Å²) >= 11 is 5.93. The number of rotatable bonds is 3. The Balaban J connectivity index is 2.29. The van der Waals surface area contributed by atoms with Gasteiger partial charge in [-0.05, 0) is 30.5 Å². The van der Waals surface area contributed by atoms with E-state index >= 15 is 0 Å². The molecule has 0 spiro atoms. The molecule has 1 aromatic rings. The van der Waals surface area contributed by atoms with E-state index in [0.29, 0.717) is 16.5 Å². The lowest BCUT2D eigenvalue weighted by molar-refractivity contribution is 0.100. The molecule has 0 bridgehead atoms. The number of nitrogens with zero attached hydrogens (tertiary/aromatic N) is 1. The van der Waals surface area contributed by atoms with Gasteiger partial charge in [0.2, 0.25) is 0 Å². The van der Waals surface area contributed by atoms with Crippen molar-refractivity contribution in [2.45, 2.75) is 25.8 Å². The molecule has 0 aromatic heterocycles. The maximum absolute atomic E-state index is 11.5. The average Bonchev–Trinajstić information content (AvgIpc) is 2.39. The van der Waals surface area contributed by atoms with Gasteiger partial charge in [0.15, 0.2) is 0 Å². The predicted molar refractivity (Wildman–Crippen MR) is 78.6 cm³/mol. The van der Waals surface area contributed by atoms with E-state index in [4.69, 9.17) is 23.1 Å². The third kappa shape index (κ3) is 3.01. The molecule has 1 fully saturated rings. The predicted octanol–water partition coefficient (Wildman–Crippen LogP) is 2.00. The molecule has 4 N–H and O–H groups in total. The van der Waals surface area contributed by atoms with Crippen LogP contribution in [0.15, 0.2) is 18.2 Å². The monoisotopic (exact) mass is 281 g/mol. The second-order valence-electron chi connectivity index (χ2n) is 5.09. The average molecular weight is 282 g/mol. The molecule has 0 radical (unpaired) electrons. The Hall–Kier alpha value is -1.26. The van der Waals surface area contributed by atoms with Crippen LogP contribution in [0.5, 0.6) is 0 Å². The van der Waals surface area contributed by atoms with E-state index in [-0.39, 0.29) is 6.04 Å². The molecule has 5 heteroatoms. The van der Waals surface area contributed by atoms with Gasteiger partial charge >= 0.3 is 0 Å². The summed E-state index contributed by atoms with van der Waals surface area (Å²) in [7, 11) is 0. The van der Waals surface area contributed by atoms with E-state index in [1.165, 1.54) is 0 Å². The molecule has 1 saturated heterocycles. The molecule has 4 nitrogen and oxygen atoms in total. The Morgan fingerprint density at radius 2 is 2.26 bits per heavy atom. The lowest BCUT2D eigenvalue weighted by Crippen LogP contribution is -2.47. The SMILES string of the molecule is CCC1CN(c2ccc(Cl)cc2C(N)=O)CCC1N. The molecule has 1 aliphatic rings. The van der Waals surface area contributed by atoms with Crippen LogP contribution in [0.1, 0.15) is 30.1 Å². The van der Waals surface area contributed by atoms with E-state index in [0.717, 1.165) is 31.6 Å². The fraction of sp³-hybridized carbons (Fsp3) is 0.500. The van der Waals surface area contributed by atoms with Gasteiger partial charge in [-0.25, -0.2) is 0 Å². The van der Waals surface area contributed by atoms with Gasteiger partial charge in [0, 0.05) is 29.8 Å². The molecule has 2 unspecified atom stereocenters. The molecule has 2 rings (SSSR count). The number of primary amides is 1. The zero-order valence-corrected chi connectivity index (χ0v) is 11.9. The minimum Gasteiger partial charge on any atom is -0.370 e. The number of hydrogen-bond acceptors (Lipinski definition) is 3. The first kappa shape index (κ1) is 14.2. The standard InChI is InChI=1S/C14H20ClN3O/c1-2-9-8-18(6-5-12(9)16)13-4-3-10(15)7-11(13)14(17)19/h3-4,7,9,12H,2,5-6,8,16H2,1H3,(H2,17,19). The van der Waals surface area contributed by atoms with E-state index in [1.807, 2.05) is 6.07 Å². The normalized spacial score (nSPS) is 23.4. The summed E-state index contributed by atoms with van der Waals surface area (Å²) in [5.41, 5.74) is 12.9. The highest BCUT2D eigenvalue weighted by molar-refractivity contribution is 6.31. The molecule has 1 amide bonds. The first-order valence-corrected chi connectivity index (χ1v) is 7.00. The Labute approximate surface area is 118 Å². The van der Waals surface area contributed by atoms with Crippen LogP contribution in [0.4, 0.5) is 5.69 Å². The second-order valence-corrected chi connectivity index (χ2v) is 5.53. The lowest BCUT2D eigenvalue weighted by atomic mass is 9.90. The van der Waals surface area contributed by atoms with Crippen molar-refractivity contribution in [3.8, 4) is 0 Å². The molecule has 104 valence electrons. The Morgan fingerprint density at radius 3 is 2.89 bits per heavy atom. The summed E-state index contributed by atoms with van der Waals surface area (Å²) in [5, 5.41) is 0.526. The molecule has 2 atom stereocenters. The van der Waals surface area contributed by atoms with Crippen molar-refractivity contribution >= 4 is 23.2 Å². The Kier molecular flexibility index (Phi) is 4.32. The van der Waals surface area contributed by atoms with Crippen molar-refractivity contribution in [1.82, 2.24) is 0 Å². The van der Waals surface area contributed by atoms with Gasteiger partial charge < -0.3 is 16.4 Å². The van der Waals surface area contributed by atoms with Crippen molar-refractivity contribution in [3.05, 3.63) is 28.8 Å². The fourth-order valence-electron chi connectivity index (χ4n) is 2.68. The summed E-state index contributed by atoms with van der Waals surface area (Å²) < 4.78 is 0. The van der Waals surface area contributed by atoms with E-state index in [1.54, 1.807) is 12.1 Å². The minimum atomic E-state index is -0.444. The third-order valence-corrected chi connectivity index (χ3v) is 4.12. The van der Waals surface area contributed by atoms with E-state index in [2.05, 4.69) is 11.8 Å². The molecule has 19 heavy (non-hydrogen) atoms. The van der Waals surface area contributed by atoms with Crippen molar-refractivity contribution < 1.29 is 4.79 Å². The van der Waals surface area contributed by atoms with E-state index < -0.39 is 5.91 Å². The smallest absolute Gasteiger partial charge is 0.250 e. The highest BCUT2D eigenvalue weighted by Gasteiger charge is 2.27.